The number of aromatic nitrogens is 1. The number of carboxylic acid groups (broad SMARTS) is 1. The number of likely N-dealkylation sites (N-methyl/N-ethyl adjacent to an activating group) is 1. The van der Waals surface area contributed by atoms with E-state index in [2.05, 4.69) is 16.8 Å². The molecule has 2 saturated heterocycles. The van der Waals surface area contributed by atoms with Gasteiger partial charge in [-0.3, -0.25) is 9.69 Å². The summed E-state index contributed by atoms with van der Waals surface area (Å²) in [6.07, 6.45) is -1.26. The molecule has 3 rings (SSSR count). The number of piperidine rings is 1. The van der Waals surface area contributed by atoms with Crippen LogP contribution >= 0.6 is 11.3 Å². The highest BCUT2D eigenvalue weighted by Gasteiger charge is 2.46. The lowest BCUT2D eigenvalue weighted by Gasteiger charge is -2.50. The molecular weight excluding hydrogens is 387 g/mol. The van der Waals surface area contributed by atoms with E-state index in [1.807, 2.05) is 23.5 Å². The number of carbonyl (C=O) groups excluding carboxylic acids is 1. The number of amides is 1. The van der Waals surface area contributed by atoms with E-state index < -0.39 is 12.1 Å². The standard InChI is InChI=1S/C14H21N3O2S.C2HF3O2/c1-11-14(19-10-13(18)16(11)2)3-6-17(7-4-14)9-12-15-5-8-20-12;3-2(4,5)1(6)7/h5,8,11H,3-4,6-7,9-10H2,1-2H3;(H,6,7). The van der Waals surface area contributed by atoms with Crippen molar-refractivity contribution in [3.8, 4) is 0 Å². The number of ether oxygens (including phenoxy) is 1. The fraction of sp³-hybridized carbons (Fsp3) is 0.688. The van der Waals surface area contributed by atoms with E-state index in [9.17, 15) is 18.0 Å². The Morgan fingerprint density at radius 2 is 2.04 bits per heavy atom. The van der Waals surface area contributed by atoms with Gasteiger partial charge in [-0.05, 0) is 19.8 Å². The van der Waals surface area contributed by atoms with Crippen LogP contribution in [0.4, 0.5) is 13.2 Å². The molecule has 0 bridgehead atoms. The first kappa shape index (κ1) is 21.6. The van der Waals surface area contributed by atoms with Gasteiger partial charge in [0, 0.05) is 31.7 Å². The Morgan fingerprint density at radius 3 is 2.52 bits per heavy atom. The lowest BCUT2D eigenvalue weighted by atomic mass is 9.83. The van der Waals surface area contributed by atoms with Gasteiger partial charge in [-0.15, -0.1) is 11.3 Å². The van der Waals surface area contributed by atoms with Crippen LogP contribution in [-0.2, 0) is 20.9 Å². The van der Waals surface area contributed by atoms with Gasteiger partial charge in [-0.1, -0.05) is 0 Å². The van der Waals surface area contributed by atoms with E-state index in [1.54, 1.807) is 11.3 Å². The molecule has 0 aliphatic carbocycles. The number of halogens is 3. The van der Waals surface area contributed by atoms with Gasteiger partial charge in [0.2, 0.25) is 5.91 Å². The number of hydrogen-bond acceptors (Lipinski definition) is 6. The molecule has 1 amide bonds. The fourth-order valence-electron chi connectivity index (χ4n) is 3.17. The lowest BCUT2D eigenvalue weighted by molar-refractivity contribution is -0.192. The van der Waals surface area contributed by atoms with Gasteiger partial charge in [0.1, 0.15) is 11.6 Å². The molecule has 1 aromatic rings. The second-order valence-corrected chi connectivity index (χ2v) is 7.52. The molecule has 152 valence electrons. The highest BCUT2D eigenvalue weighted by molar-refractivity contribution is 7.09. The van der Waals surface area contributed by atoms with Crippen LogP contribution in [0, 0.1) is 0 Å². The zero-order valence-corrected chi connectivity index (χ0v) is 15.8. The number of morpholine rings is 1. The molecule has 1 spiro atoms. The lowest BCUT2D eigenvalue weighted by Crippen LogP contribution is -2.62. The van der Waals surface area contributed by atoms with Crippen molar-refractivity contribution >= 4 is 23.2 Å². The first-order valence-corrected chi connectivity index (χ1v) is 9.23. The maximum absolute atomic E-state index is 11.7. The number of aliphatic carboxylic acids is 1. The maximum Gasteiger partial charge on any atom is 0.490 e. The average Bonchev–Trinajstić information content (AvgIpc) is 3.11. The van der Waals surface area contributed by atoms with Crippen molar-refractivity contribution in [2.24, 2.45) is 0 Å². The fourth-order valence-corrected chi connectivity index (χ4v) is 3.83. The molecule has 1 N–H and O–H groups in total. The van der Waals surface area contributed by atoms with Crippen LogP contribution in [-0.4, -0.2) is 76.3 Å². The Morgan fingerprint density at radius 1 is 1.44 bits per heavy atom. The zero-order valence-electron chi connectivity index (χ0n) is 15.0. The third-order valence-electron chi connectivity index (χ3n) is 5.01. The topological polar surface area (TPSA) is 83.0 Å². The van der Waals surface area contributed by atoms with Crippen LogP contribution in [0.15, 0.2) is 11.6 Å². The number of hydrogen-bond donors (Lipinski definition) is 1. The summed E-state index contributed by atoms with van der Waals surface area (Å²) >= 11 is 1.71. The number of alkyl halides is 3. The minimum atomic E-state index is -5.08. The van der Waals surface area contributed by atoms with Crippen molar-refractivity contribution in [1.82, 2.24) is 14.8 Å². The minimum Gasteiger partial charge on any atom is -0.475 e. The van der Waals surface area contributed by atoms with Crippen LogP contribution in [0.25, 0.3) is 0 Å². The van der Waals surface area contributed by atoms with E-state index >= 15 is 0 Å². The predicted octanol–water partition coefficient (Wildman–Crippen LogP) is 1.99. The van der Waals surface area contributed by atoms with Gasteiger partial charge >= 0.3 is 12.1 Å². The molecule has 7 nitrogen and oxygen atoms in total. The number of rotatable bonds is 2. The smallest absolute Gasteiger partial charge is 0.475 e. The van der Waals surface area contributed by atoms with E-state index in [0.717, 1.165) is 32.5 Å². The van der Waals surface area contributed by atoms with E-state index in [-0.39, 0.29) is 24.2 Å². The van der Waals surface area contributed by atoms with E-state index in [4.69, 9.17) is 14.6 Å². The number of thiazole rings is 1. The summed E-state index contributed by atoms with van der Waals surface area (Å²) in [5.41, 5.74) is -0.151. The van der Waals surface area contributed by atoms with Gasteiger partial charge < -0.3 is 14.7 Å². The number of carbonyl (C=O) groups is 2. The van der Waals surface area contributed by atoms with Gasteiger partial charge in [-0.2, -0.15) is 13.2 Å². The van der Waals surface area contributed by atoms with E-state index in [0.29, 0.717) is 0 Å². The van der Waals surface area contributed by atoms with Crippen LogP contribution in [0.3, 0.4) is 0 Å². The summed E-state index contributed by atoms with van der Waals surface area (Å²) in [6, 6.07) is 0.158. The summed E-state index contributed by atoms with van der Waals surface area (Å²) in [7, 11) is 1.89. The van der Waals surface area contributed by atoms with Crippen molar-refractivity contribution in [3.05, 3.63) is 16.6 Å². The molecular formula is C16H22F3N3O4S. The first-order valence-electron chi connectivity index (χ1n) is 8.35. The first-order chi connectivity index (χ1) is 12.5. The van der Waals surface area contributed by atoms with Gasteiger partial charge in [0.15, 0.2) is 0 Å². The van der Waals surface area contributed by atoms with Crippen LogP contribution in [0.5, 0.6) is 0 Å². The van der Waals surface area contributed by atoms with Crippen molar-refractivity contribution in [2.75, 3.05) is 26.7 Å². The van der Waals surface area contributed by atoms with Crippen molar-refractivity contribution < 1.29 is 32.6 Å². The van der Waals surface area contributed by atoms with Crippen LogP contribution < -0.4 is 0 Å². The molecule has 2 aliphatic rings. The monoisotopic (exact) mass is 409 g/mol. The van der Waals surface area contributed by atoms with Crippen molar-refractivity contribution in [3.63, 3.8) is 0 Å². The molecule has 2 aliphatic heterocycles. The molecule has 2 fully saturated rings. The second-order valence-electron chi connectivity index (χ2n) is 6.54. The molecule has 0 saturated carbocycles. The Kier molecular flexibility index (Phi) is 6.82. The van der Waals surface area contributed by atoms with E-state index in [1.165, 1.54) is 5.01 Å². The highest BCUT2D eigenvalue weighted by atomic mass is 32.1. The predicted molar refractivity (Wildman–Crippen MR) is 91.2 cm³/mol. The molecule has 0 radical (unpaired) electrons. The normalized spacial score (nSPS) is 23.1. The number of nitrogens with zero attached hydrogens (tertiary/aromatic N) is 3. The minimum absolute atomic E-state index is 0.0911. The average molecular weight is 409 g/mol. The Balaban J connectivity index is 0.000000321. The Bertz CT molecular complexity index is 646. The molecule has 0 aromatic carbocycles. The molecule has 11 heteroatoms. The largest absolute Gasteiger partial charge is 0.490 e. The second kappa shape index (κ2) is 8.53. The van der Waals surface area contributed by atoms with Crippen molar-refractivity contribution in [2.45, 2.75) is 44.1 Å². The summed E-state index contributed by atoms with van der Waals surface area (Å²) in [5, 5.41) is 10.3. The van der Waals surface area contributed by atoms with Gasteiger partial charge in [0.05, 0.1) is 18.2 Å². The Hall–Kier alpha value is -1.72. The van der Waals surface area contributed by atoms with Crippen LogP contribution in [0.1, 0.15) is 24.8 Å². The molecule has 1 aromatic heterocycles. The molecule has 27 heavy (non-hydrogen) atoms. The van der Waals surface area contributed by atoms with Crippen molar-refractivity contribution in [1.29, 1.82) is 0 Å². The molecule has 3 heterocycles. The quantitative estimate of drug-likeness (QED) is 0.805. The van der Waals surface area contributed by atoms with Crippen LogP contribution in [0.2, 0.25) is 0 Å². The highest BCUT2D eigenvalue weighted by Crippen LogP contribution is 2.35. The summed E-state index contributed by atoms with van der Waals surface area (Å²) in [6.45, 7) is 5.27. The third-order valence-corrected chi connectivity index (χ3v) is 5.77. The molecule has 1 atom stereocenters. The number of carboxylic acids is 1. The third kappa shape index (κ3) is 5.39. The zero-order chi connectivity index (χ0) is 20.2. The summed E-state index contributed by atoms with van der Waals surface area (Å²) in [5.74, 6) is -2.67. The molecule has 1 unspecified atom stereocenters. The SMILES string of the molecule is CC1N(C)C(=O)COC12CCN(Cc1nccs1)CC2.O=C(O)C(F)(F)F. The maximum atomic E-state index is 11.7. The summed E-state index contributed by atoms with van der Waals surface area (Å²) in [4.78, 5) is 29.2. The van der Waals surface area contributed by atoms with Gasteiger partial charge in [-0.25, -0.2) is 9.78 Å². The summed E-state index contributed by atoms with van der Waals surface area (Å²) < 4.78 is 37.7. The Labute approximate surface area is 158 Å². The van der Waals surface area contributed by atoms with Gasteiger partial charge in [0.25, 0.3) is 0 Å². The number of likely N-dealkylation sites (tertiary alicyclic amines) is 1.